The lowest BCUT2D eigenvalue weighted by atomic mass is 9.92. The highest BCUT2D eigenvalue weighted by atomic mass is 16.5. The Kier molecular flexibility index (Phi) is 4.69. The molecule has 0 N–H and O–H groups in total. The van der Waals surface area contributed by atoms with Gasteiger partial charge in [0.25, 0.3) is 0 Å². The Balaban J connectivity index is 1.78. The van der Waals surface area contributed by atoms with E-state index in [9.17, 15) is 14.4 Å². The van der Waals surface area contributed by atoms with Gasteiger partial charge in [0.2, 0.25) is 5.91 Å². The first-order chi connectivity index (χ1) is 11.5. The number of likely N-dealkylation sites (tertiary alicyclic amines) is 1. The van der Waals surface area contributed by atoms with Crippen LogP contribution in [0.4, 0.5) is 0 Å². The van der Waals surface area contributed by atoms with Gasteiger partial charge in [-0.15, -0.1) is 0 Å². The lowest BCUT2D eigenvalue weighted by Gasteiger charge is -2.33. The van der Waals surface area contributed by atoms with Gasteiger partial charge in [-0.25, -0.2) is 0 Å². The molecule has 0 aromatic heterocycles. The predicted octanol–water partition coefficient (Wildman–Crippen LogP) is 2.47. The number of rotatable bonds is 3. The van der Waals surface area contributed by atoms with Gasteiger partial charge in [-0.3, -0.25) is 14.4 Å². The van der Waals surface area contributed by atoms with Gasteiger partial charge >= 0.3 is 5.97 Å². The molecule has 128 valence electrons. The number of Topliss-reactive ketones (excluding diaryl/α,β-unsaturated/α-hetero) is 1. The molecule has 0 saturated carbocycles. The second-order valence-corrected chi connectivity index (χ2v) is 6.59. The molecule has 2 aliphatic rings. The van der Waals surface area contributed by atoms with Crippen molar-refractivity contribution in [3.8, 4) is 0 Å². The van der Waals surface area contributed by atoms with Crippen LogP contribution in [0.5, 0.6) is 0 Å². The first-order valence-electron chi connectivity index (χ1n) is 8.61. The fraction of sp³-hybridized carbons (Fsp3) is 0.526. The van der Waals surface area contributed by atoms with Crippen LogP contribution in [0.15, 0.2) is 18.2 Å². The Morgan fingerprint density at radius 3 is 2.88 bits per heavy atom. The van der Waals surface area contributed by atoms with Crippen molar-refractivity contribution in [1.82, 2.24) is 4.90 Å². The quantitative estimate of drug-likeness (QED) is 0.799. The number of carbonyl (C=O) groups is 3. The number of carbonyl (C=O) groups excluding carboxylic acids is 3. The summed E-state index contributed by atoms with van der Waals surface area (Å²) in [6.45, 7) is 5.11. The maximum absolute atomic E-state index is 13.0. The normalized spacial score (nSPS) is 23.1. The zero-order chi connectivity index (χ0) is 17.3. The molecule has 1 aromatic rings. The van der Waals surface area contributed by atoms with E-state index < -0.39 is 5.92 Å². The summed E-state index contributed by atoms with van der Waals surface area (Å²) in [5, 5.41) is 0. The molecule has 5 nitrogen and oxygen atoms in total. The Labute approximate surface area is 142 Å². The van der Waals surface area contributed by atoms with E-state index in [1.54, 1.807) is 17.9 Å². The van der Waals surface area contributed by atoms with E-state index in [1.807, 2.05) is 19.1 Å². The first-order valence-corrected chi connectivity index (χ1v) is 8.61. The van der Waals surface area contributed by atoms with Gasteiger partial charge in [0.15, 0.2) is 5.78 Å². The summed E-state index contributed by atoms with van der Waals surface area (Å²) in [5.74, 6) is -0.892. The molecule has 1 heterocycles. The van der Waals surface area contributed by atoms with Crippen molar-refractivity contribution in [2.75, 3.05) is 19.7 Å². The molecule has 1 saturated heterocycles. The molecular weight excluding hydrogens is 306 g/mol. The highest BCUT2D eigenvalue weighted by molar-refractivity contribution is 6.07. The van der Waals surface area contributed by atoms with Crippen LogP contribution >= 0.6 is 0 Å². The number of hydrogen-bond acceptors (Lipinski definition) is 4. The molecule has 2 atom stereocenters. The van der Waals surface area contributed by atoms with Gasteiger partial charge in [0, 0.05) is 25.1 Å². The minimum Gasteiger partial charge on any atom is -0.466 e. The molecule has 0 bridgehead atoms. The second kappa shape index (κ2) is 6.75. The molecule has 0 radical (unpaired) electrons. The summed E-state index contributed by atoms with van der Waals surface area (Å²) in [5.41, 5.74) is 2.52. The molecule has 2 unspecified atom stereocenters. The van der Waals surface area contributed by atoms with Crippen LogP contribution in [0.25, 0.3) is 0 Å². The smallest absolute Gasteiger partial charge is 0.310 e. The van der Waals surface area contributed by atoms with E-state index >= 15 is 0 Å². The van der Waals surface area contributed by atoms with Crippen molar-refractivity contribution in [2.45, 2.75) is 39.0 Å². The third-order valence-electron chi connectivity index (χ3n) is 5.01. The minimum atomic E-state index is -0.408. The number of ether oxygens (including phenoxy) is 1. The molecule has 1 aliphatic carbocycles. The maximum Gasteiger partial charge on any atom is 0.310 e. The average molecular weight is 329 g/mol. The highest BCUT2D eigenvalue weighted by Crippen LogP contribution is 2.37. The van der Waals surface area contributed by atoms with Gasteiger partial charge in [-0.2, -0.15) is 0 Å². The molecule has 5 heteroatoms. The molecule has 1 aromatic carbocycles. The number of nitrogens with zero attached hydrogens (tertiary/aromatic N) is 1. The average Bonchev–Trinajstić information content (AvgIpc) is 2.93. The number of piperidine rings is 1. The summed E-state index contributed by atoms with van der Waals surface area (Å²) in [6, 6.07) is 5.60. The number of benzene rings is 1. The van der Waals surface area contributed by atoms with E-state index in [0.717, 1.165) is 24.0 Å². The van der Waals surface area contributed by atoms with Crippen LogP contribution in [0.2, 0.25) is 0 Å². The second-order valence-electron chi connectivity index (χ2n) is 6.59. The Bertz CT molecular complexity index is 682. The van der Waals surface area contributed by atoms with Gasteiger partial charge in [-0.1, -0.05) is 18.2 Å². The molecule has 1 aliphatic heterocycles. The molecule has 0 spiro atoms. The lowest BCUT2D eigenvalue weighted by molar-refractivity contribution is -0.151. The van der Waals surface area contributed by atoms with Crippen molar-refractivity contribution in [3.63, 3.8) is 0 Å². The van der Waals surface area contributed by atoms with E-state index in [1.165, 1.54) is 0 Å². The van der Waals surface area contributed by atoms with Crippen LogP contribution < -0.4 is 0 Å². The van der Waals surface area contributed by atoms with Gasteiger partial charge in [-0.05, 0) is 37.8 Å². The summed E-state index contributed by atoms with van der Waals surface area (Å²) >= 11 is 0. The van der Waals surface area contributed by atoms with Crippen LogP contribution in [0.1, 0.15) is 53.6 Å². The maximum atomic E-state index is 13.0. The largest absolute Gasteiger partial charge is 0.466 e. The Hall–Kier alpha value is -2.17. The predicted molar refractivity (Wildman–Crippen MR) is 88.8 cm³/mol. The van der Waals surface area contributed by atoms with Crippen molar-refractivity contribution < 1.29 is 19.1 Å². The summed E-state index contributed by atoms with van der Waals surface area (Å²) in [6.07, 6.45) is 1.78. The van der Waals surface area contributed by atoms with Crippen molar-refractivity contribution >= 4 is 17.7 Å². The molecule has 24 heavy (non-hydrogen) atoms. The third-order valence-corrected chi connectivity index (χ3v) is 5.01. The molecule has 3 rings (SSSR count). The summed E-state index contributed by atoms with van der Waals surface area (Å²) in [7, 11) is 0. The van der Waals surface area contributed by atoms with E-state index in [-0.39, 0.29) is 30.0 Å². The highest BCUT2D eigenvalue weighted by Gasteiger charge is 2.39. The summed E-state index contributed by atoms with van der Waals surface area (Å²) < 4.78 is 5.10. The third kappa shape index (κ3) is 2.95. The van der Waals surface area contributed by atoms with Gasteiger partial charge in [0.1, 0.15) is 0 Å². The van der Waals surface area contributed by atoms with Crippen LogP contribution in [0, 0.1) is 12.8 Å². The first kappa shape index (κ1) is 16.7. The summed E-state index contributed by atoms with van der Waals surface area (Å²) in [4.78, 5) is 39.0. The number of hydrogen-bond donors (Lipinski definition) is 0. The number of ketones is 1. The number of esters is 1. The Morgan fingerprint density at radius 2 is 2.12 bits per heavy atom. The SMILES string of the molecule is CCOC(=O)C1CCCN(C(=O)C2CC(=O)c3cccc(C)c32)C1. The van der Waals surface area contributed by atoms with E-state index in [4.69, 9.17) is 4.74 Å². The number of amides is 1. The number of aryl methyl sites for hydroxylation is 1. The van der Waals surface area contributed by atoms with Crippen molar-refractivity contribution in [3.05, 3.63) is 34.9 Å². The Morgan fingerprint density at radius 1 is 1.33 bits per heavy atom. The van der Waals surface area contributed by atoms with Crippen LogP contribution in [0.3, 0.4) is 0 Å². The minimum absolute atomic E-state index is 0.0333. The zero-order valence-corrected chi connectivity index (χ0v) is 14.2. The van der Waals surface area contributed by atoms with Crippen LogP contribution in [-0.2, 0) is 14.3 Å². The van der Waals surface area contributed by atoms with Gasteiger partial charge < -0.3 is 9.64 Å². The van der Waals surface area contributed by atoms with E-state index in [2.05, 4.69) is 0 Å². The monoisotopic (exact) mass is 329 g/mol. The van der Waals surface area contributed by atoms with Crippen LogP contribution in [-0.4, -0.2) is 42.3 Å². The topological polar surface area (TPSA) is 63.7 Å². The fourth-order valence-electron chi connectivity index (χ4n) is 3.84. The molecular formula is C19H23NO4. The van der Waals surface area contributed by atoms with Gasteiger partial charge in [0.05, 0.1) is 18.4 Å². The van der Waals surface area contributed by atoms with Crippen molar-refractivity contribution in [1.29, 1.82) is 0 Å². The molecule has 1 fully saturated rings. The zero-order valence-electron chi connectivity index (χ0n) is 14.2. The lowest BCUT2D eigenvalue weighted by Crippen LogP contribution is -2.44. The fourth-order valence-corrected chi connectivity index (χ4v) is 3.84. The standard InChI is InChI=1S/C19H23NO4/c1-3-24-19(23)13-7-5-9-20(11-13)18(22)15-10-16(21)14-8-4-6-12(2)17(14)15/h4,6,8,13,15H,3,5,7,9-11H2,1-2H3. The van der Waals surface area contributed by atoms with E-state index in [0.29, 0.717) is 25.3 Å². The molecule has 1 amide bonds. The number of fused-ring (bicyclic) bond motifs is 1. The van der Waals surface area contributed by atoms with Crippen molar-refractivity contribution in [2.24, 2.45) is 5.92 Å².